The highest BCUT2D eigenvalue weighted by Gasteiger charge is 2.34. The Labute approximate surface area is 206 Å². The minimum absolute atomic E-state index is 0.0612. The van der Waals surface area contributed by atoms with Crippen LogP contribution in [0.2, 0.25) is 0 Å². The Kier molecular flexibility index (Phi) is 6.55. The van der Waals surface area contributed by atoms with Gasteiger partial charge in [0.1, 0.15) is 5.69 Å². The summed E-state index contributed by atoms with van der Waals surface area (Å²) < 4.78 is 40.3. The van der Waals surface area contributed by atoms with Crippen LogP contribution in [-0.2, 0) is 11.0 Å². The first-order valence-electron chi connectivity index (χ1n) is 12.2. The second-order valence-corrected chi connectivity index (χ2v) is 9.45. The number of halogens is 3. The van der Waals surface area contributed by atoms with Crippen LogP contribution in [0, 0.1) is 0 Å². The maximum atomic E-state index is 13.4. The van der Waals surface area contributed by atoms with Crippen LogP contribution in [0.5, 0.6) is 0 Å². The van der Waals surface area contributed by atoms with Gasteiger partial charge in [0.2, 0.25) is 5.91 Å². The van der Waals surface area contributed by atoms with Gasteiger partial charge in [-0.05, 0) is 62.4 Å². The maximum Gasteiger partial charge on any atom is 0.433 e. The molecule has 0 unspecified atom stereocenters. The van der Waals surface area contributed by atoms with Crippen LogP contribution in [0.15, 0.2) is 54.6 Å². The maximum absolute atomic E-state index is 13.4. The van der Waals surface area contributed by atoms with E-state index in [1.54, 1.807) is 47.4 Å². The van der Waals surface area contributed by atoms with Crippen LogP contribution >= 0.6 is 0 Å². The molecule has 3 aromatic rings. The number of rotatable bonds is 5. The summed E-state index contributed by atoms with van der Waals surface area (Å²) in [6.45, 7) is 0.652. The van der Waals surface area contributed by atoms with Crippen molar-refractivity contribution in [3.05, 3.63) is 65.9 Å². The van der Waals surface area contributed by atoms with Gasteiger partial charge in [-0.3, -0.25) is 9.59 Å². The summed E-state index contributed by atoms with van der Waals surface area (Å²) in [5.74, 6) is -0.158. The molecule has 1 saturated heterocycles. The standard InChI is InChI=1S/C27H27F3N4O2/c28-27(29,30)24-16-23(21-10-1-2-11-22(21)33-24)31-18-7-4-8-19(15-18)32-26(36)17-6-3-9-20(14-17)34-13-5-12-25(34)35/h1-3,6,9-11,14,16,18-19H,4-5,7-8,12-13,15H2,(H,31,33)(H,32,36)/t18-,19+/m0/s1. The fraction of sp³-hybridized carbons (Fsp3) is 0.370. The SMILES string of the molecule is O=C(N[C@@H]1CCC[C@H](Nc2cc(C(F)(F)F)nc3ccccc23)C1)c1cccc(N2CCCC2=O)c1. The number of carbonyl (C=O) groups is 2. The highest BCUT2D eigenvalue weighted by atomic mass is 19.4. The zero-order chi connectivity index (χ0) is 25.3. The molecule has 1 aromatic heterocycles. The molecule has 2 atom stereocenters. The van der Waals surface area contributed by atoms with Crippen molar-refractivity contribution >= 4 is 34.1 Å². The van der Waals surface area contributed by atoms with E-state index in [9.17, 15) is 22.8 Å². The molecule has 0 spiro atoms. The van der Waals surface area contributed by atoms with Gasteiger partial charge in [-0.25, -0.2) is 4.98 Å². The second-order valence-electron chi connectivity index (χ2n) is 9.45. The monoisotopic (exact) mass is 496 g/mol. The number of carbonyl (C=O) groups excluding carboxylic acids is 2. The number of hydrogen-bond acceptors (Lipinski definition) is 4. The Hall–Kier alpha value is -3.62. The number of benzene rings is 2. The number of para-hydroxylation sites is 1. The summed E-state index contributed by atoms with van der Waals surface area (Å²) in [7, 11) is 0. The van der Waals surface area contributed by atoms with Crippen molar-refractivity contribution in [1.29, 1.82) is 0 Å². The molecular formula is C27H27F3N4O2. The van der Waals surface area contributed by atoms with Crippen LogP contribution in [0.3, 0.4) is 0 Å². The zero-order valence-electron chi connectivity index (χ0n) is 19.6. The van der Waals surface area contributed by atoms with Gasteiger partial charge >= 0.3 is 6.18 Å². The lowest BCUT2D eigenvalue weighted by molar-refractivity contribution is -0.140. The van der Waals surface area contributed by atoms with Crippen LogP contribution in [0.1, 0.15) is 54.6 Å². The molecule has 2 aromatic carbocycles. The van der Waals surface area contributed by atoms with E-state index in [-0.39, 0.29) is 29.4 Å². The fourth-order valence-electron chi connectivity index (χ4n) is 5.12. The molecule has 2 fully saturated rings. The average molecular weight is 497 g/mol. The highest BCUT2D eigenvalue weighted by Crippen LogP contribution is 2.34. The van der Waals surface area contributed by atoms with Crippen molar-refractivity contribution in [3.63, 3.8) is 0 Å². The van der Waals surface area contributed by atoms with Crippen LogP contribution in [-0.4, -0.2) is 35.4 Å². The molecule has 5 rings (SSSR count). The van der Waals surface area contributed by atoms with E-state index in [0.717, 1.165) is 37.4 Å². The molecule has 2 aliphatic rings. The molecule has 36 heavy (non-hydrogen) atoms. The first kappa shape index (κ1) is 24.1. The van der Waals surface area contributed by atoms with Crippen molar-refractivity contribution < 1.29 is 22.8 Å². The Morgan fingerprint density at radius 2 is 1.81 bits per heavy atom. The van der Waals surface area contributed by atoms with Gasteiger partial charge in [0, 0.05) is 47.4 Å². The second kappa shape index (κ2) is 9.79. The largest absolute Gasteiger partial charge is 0.433 e. The van der Waals surface area contributed by atoms with Crippen molar-refractivity contribution in [2.75, 3.05) is 16.8 Å². The Bertz CT molecular complexity index is 1290. The molecular weight excluding hydrogens is 469 g/mol. The lowest BCUT2D eigenvalue weighted by atomic mass is 9.90. The summed E-state index contributed by atoms with van der Waals surface area (Å²) in [5, 5.41) is 7.00. The smallest absolute Gasteiger partial charge is 0.382 e. The van der Waals surface area contributed by atoms with Crippen LogP contribution < -0.4 is 15.5 Å². The molecule has 2 N–H and O–H groups in total. The summed E-state index contributed by atoms with van der Waals surface area (Å²) in [4.78, 5) is 30.5. The Morgan fingerprint density at radius 1 is 1.00 bits per heavy atom. The number of hydrogen-bond donors (Lipinski definition) is 2. The summed E-state index contributed by atoms with van der Waals surface area (Å²) >= 11 is 0. The van der Waals surface area contributed by atoms with Gasteiger partial charge in [-0.15, -0.1) is 0 Å². The van der Waals surface area contributed by atoms with Gasteiger partial charge in [0.05, 0.1) is 5.52 Å². The molecule has 1 aliphatic carbocycles. The predicted molar refractivity (Wildman–Crippen MR) is 132 cm³/mol. The number of pyridine rings is 1. The van der Waals surface area contributed by atoms with Crippen LogP contribution in [0.25, 0.3) is 10.9 Å². The van der Waals surface area contributed by atoms with Crippen molar-refractivity contribution in [2.24, 2.45) is 0 Å². The van der Waals surface area contributed by atoms with Gasteiger partial charge in [-0.1, -0.05) is 24.3 Å². The molecule has 0 radical (unpaired) electrons. The van der Waals surface area contributed by atoms with Gasteiger partial charge in [-0.2, -0.15) is 13.2 Å². The number of nitrogens with one attached hydrogen (secondary N) is 2. The van der Waals surface area contributed by atoms with Gasteiger partial charge in [0.25, 0.3) is 5.91 Å². The van der Waals surface area contributed by atoms with E-state index in [1.807, 2.05) is 6.07 Å². The molecule has 9 heteroatoms. The molecule has 0 bridgehead atoms. The topological polar surface area (TPSA) is 74.3 Å². The average Bonchev–Trinajstić information content (AvgIpc) is 3.29. The van der Waals surface area contributed by atoms with Gasteiger partial charge < -0.3 is 15.5 Å². The lowest BCUT2D eigenvalue weighted by Gasteiger charge is -2.31. The number of amides is 2. The molecule has 1 aliphatic heterocycles. The first-order valence-corrected chi connectivity index (χ1v) is 12.2. The van der Waals surface area contributed by atoms with E-state index in [4.69, 9.17) is 0 Å². The van der Waals surface area contributed by atoms with E-state index in [2.05, 4.69) is 15.6 Å². The highest BCUT2D eigenvalue weighted by molar-refractivity contribution is 5.99. The number of nitrogens with zero attached hydrogens (tertiary/aromatic N) is 2. The minimum Gasteiger partial charge on any atom is -0.382 e. The number of fused-ring (bicyclic) bond motifs is 1. The number of anilines is 2. The first-order chi connectivity index (χ1) is 17.3. The van der Waals surface area contributed by atoms with E-state index in [0.29, 0.717) is 36.0 Å². The quantitative estimate of drug-likeness (QED) is 0.487. The molecule has 6 nitrogen and oxygen atoms in total. The molecule has 188 valence electrons. The van der Waals surface area contributed by atoms with Crippen molar-refractivity contribution in [3.8, 4) is 0 Å². The summed E-state index contributed by atoms with van der Waals surface area (Å²) in [5.41, 5.74) is 0.955. The Balaban J connectivity index is 1.29. The number of alkyl halides is 3. The molecule has 1 saturated carbocycles. The third-order valence-corrected chi connectivity index (χ3v) is 6.87. The Morgan fingerprint density at radius 3 is 2.58 bits per heavy atom. The number of aromatic nitrogens is 1. The van der Waals surface area contributed by atoms with Crippen molar-refractivity contribution in [2.45, 2.75) is 56.8 Å². The van der Waals surface area contributed by atoms with Crippen molar-refractivity contribution in [1.82, 2.24) is 10.3 Å². The summed E-state index contributed by atoms with van der Waals surface area (Å²) in [6.07, 6.45) is -0.213. The van der Waals surface area contributed by atoms with E-state index < -0.39 is 11.9 Å². The lowest BCUT2D eigenvalue weighted by Crippen LogP contribution is -2.42. The fourth-order valence-corrected chi connectivity index (χ4v) is 5.12. The normalized spacial score (nSPS) is 20.5. The van der Waals surface area contributed by atoms with Gasteiger partial charge in [0.15, 0.2) is 0 Å². The van der Waals surface area contributed by atoms with E-state index >= 15 is 0 Å². The molecule has 2 amide bonds. The molecule has 2 heterocycles. The van der Waals surface area contributed by atoms with E-state index in [1.165, 1.54) is 0 Å². The minimum atomic E-state index is -4.54. The summed E-state index contributed by atoms with van der Waals surface area (Å²) in [6, 6.07) is 14.7. The van der Waals surface area contributed by atoms with Crippen LogP contribution in [0.4, 0.5) is 24.5 Å². The predicted octanol–water partition coefficient (Wildman–Crippen LogP) is 5.53. The zero-order valence-corrected chi connectivity index (χ0v) is 19.6. The third kappa shape index (κ3) is 5.15. The third-order valence-electron chi connectivity index (χ3n) is 6.87.